The van der Waals surface area contributed by atoms with Crippen LogP contribution in [0.15, 0.2) is 0 Å². The third-order valence-corrected chi connectivity index (χ3v) is 4.06. The minimum absolute atomic E-state index is 0.248. The number of ether oxygens (including phenoxy) is 1. The van der Waals surface area contributed by atoms with Crippen LogP contribution in [0.3, 0.4) is 0 Å². The number of carbonyl (C=O) groups is 2. The van der Waals surface area contributed by atoms with Gasteiger partial charge in [-0.15, -0.1) is 0 Å². The highest BCUT2D eigenvalue weighted by Gasteiger charge is 2.53. The normalized spacial score (nSPS) is 23.4. The summed E-state index contributed by atoms with van der Waals surface area (Å²) in [6.07, 6.45) is -0.303. The topological polar surface area (TPSA) is 46.6 Å². The molecule has 0 aromatic rings. The Morgan fingerprint density at radius 2 is 2.06 bits per heavy atom. The summed E-state index contributed by atoms with van der Waals surface area (Å²) in [6, 6.07) is 0. The van der Waals surface area contributed by atoms with Crippen molar-refractivity contribution in [3.05, 3.63) is 0 Å². The van der Waals surface area contributed by atoms with Crippen molar-refractivity contribution in [1.29, 1.82) is 0 Å². The lowest BCUT2D eigenvalue weighted by atomic mass is 9.79. The lowest BCUT2D eigenvalue weighted by Crippen LogP contribution is -2.62. The molecule has 2 saturated heterocycles. The van der Waals surface area contributed by atoms with E-state index < -0.39 is 5.60 Å². The Bertz CT molecular complexity index is 329. The average molecular weight is 243 g/mol. The molecule has 2 rings (SSSR count). The molecule has 2 heterocycles. The first-order valence-corrected chi connectivity index (χ1v) is 6.57. The lowest BCUT2D eigenvalue weighted by Gasteiger charge is -2.46. The molecule has 0 aromatic heterocycles. The van der Waals surface area contributed by atoms with Gasteiger partial charge in [0.2, 0.25) is 0 Å². The number of hydrogen-bond acceptors (Lipinski definition) is 4. The second-order valence-corrected chi connectivity index (χ2v) is 6.52. The van der Waals surface area contributed by atoms with Gasteiger partial charge in [-0.25, -0.2) is 4.79 Å². The highest BCUT2D eigenvalue weighted by molar-refractivity contribution is 8.00. The maximum Gasteiger partial charge on any atom is 0.410 e. The molecule has 2 fully saturated rings. The summed E-state index contributed by atoms with van der Waals surface area (Å²) in [5.74, 6) is 1.74. The Labute approximate surface area is 99.7 Å². The molecule has 16 heavy (non-hydrogen) atoms. The van der Waals surface area contributed by atoms with Gasteiger partial charge in [0, 0.05) is 18.8 Å². The second kappa shape index (κ2) is 3.65. The van der Waals surface area contributed by atoms with Gasteiger partial charge in [-0.3, -0.25) is 4.79 Å². The summed E-state index contributed by atoms with van der Waals surface area (Å²) in [4.78, 5) is 24.9. The van der Waals surface area contributed by atoms with Gasteiger partial charge in [-0.1, -0.05) is 0 Å². The van der Waals surface area contributed by atoms with Gasteiger partial charge in [-0.05, 0) is 20.8 Å². The number of thioether (sulfide) groups is 1. The average Bonchev–Trinajstić information content (AvgIpc) is 2.40. The van der Waals surface area contributed by atoms with Gasteiger partial charge >= 0.3 is 6.09 Å². The van der Waals surface area contributed by atoms with Crippen molar-refractivity contribution in [3.8, 4) is 0 Å². The van der Waals surface area contributed by atoms with Crippen molar-refractivity contribution in [2.75, 3.05) is 24.6 Å². The van der Waals surface area contributed by atoms with Crippen molar-refractivity contribution in [1.82, 2.24) is 4.90 Å². The van der Waals surface area contributed by atoms with Crippen LogP contribution in [0.5, 0.6) is 0 Å². The highest BCUT2D eigenvalue weighted by Crippen LogP contribution is 2.41. The molecule has 90 valence electrons. The molecule has 0 N–H and O–H groups in total. The molecule has 2 aliphatic heterocycles. The van der Waals surface area contributed by atoms with Crippen LogP contribution >= 0.6 is 11.8 Å². The Balaban J connectivity index is 1.88. The third-order valence-electron chi connectivity index (χ3n) is 2.84. The van der Waals surface area contributed by atoms with Gasteiger partial charge in [0.1, 0.15) is 5.60 Å². The minimum atomic E-state index is -0.464. The molecule has 1 amide bonds. The second-order valence-electron chi connectivity index (χ2n) is 5.53. The molecule has 0 saturated carbocycles. The zero-order valence-corrected chi connectivity index (χ0v) is 10.7. The number of ketones is 1. The van der Waals surface area contributed by atoms with Crippen LogP contribution in [-0.4, -0.2) is 47.0 Å². The van der Waals surface area contributed by atoms with Gasteiger partial charge in [0.05, 0.1) is 11.2 Å². The maximum absolute atomic E-state index is 11.7. The van der Waals surface area contributed by atoms with Gasteiger partial charge in [0.15, 0.2) is 5.78 Å². The summed E-state index contributed by atoms with van der Waals surface area (Å²) in [7, 11) is 0. The summed E-state index contributed by atoms with van der Waals surface area (Å²) >= 11 is 1.66. The van der Waals surface area contributed by atoms with E-state index in [0.29, 0.717) is 18.8 Å². The molecule has 2 aliphatic rings. The smallest absolute Gasteiger partial charge is 0.410 e. The van der Waals surface area contributed by atoms with Crippen LogP contribution < -0.4 is 0 Å². The molecule has 4 nitrogen and oxygen atoms in total. The van der Waals surface area contributed by atoms with Crippen LogP contribution in [0.2, 0.25) is 0 Å². The summed E-state index contributed by atoms with van der Waals surface area (Å²) in [5.41, 5.74) is -0.712. The summed E-state index contributed by atoms with van der Waals surface area (Å²) in [5, 5.41) is 0. The maximum atomic E-state index is 11.7. The Morgan fingerprint density at radius 1 is 1.44 bits per heavy atom. The fourth-order valence-corrected chi connectivity index (χ4v) is 3.31. The summed E-state index contributed by atoms with van der Waals surface area (Å²) in [6.45, 7) is 6.60. The van der Waals surface area contributed by atoms with Gasteiger partial charge < -0.3 is 9.64 Å². The first kappa shape index (κ1) is 11.8. The fourth-order valence-electron chi connectivity index (χ4n) is 1.98. The monoisotopic (exact) mass is 243 g/mol. The fraction of sp³-hybridized carbons (Fsp3) is 0.818. The van der Waals surface area contributed by atoms with Gasteiger partial charge in [-0.2, -0.15) is 11.8 Å². The molecule has 0 aromatic carbocycles. The van der Waals surface area contributed by atoms with E-state index in [-0.39, 0.29) is 17.3 Å². The van der Waals surface area contributed by atoms with E-state index in [4.69, 9.17) is 4.74 Å². The van der Waals surface area contributed by atoms with E-state index in [9.17, 15) is 9.59 Å². The Kier molecular flexibility index (Phi) is 2.69. The van der Waals surface area contributed by atoms with E-state index in [1.165, 1.54) is 0 Å². The number of rotatable bonds is 0. The number of hydrogen-bond donors (Lipinski definition) is 0. The SMILES string of the molecule is CC(C)(C)OC(=O)N1CC2(CSCC2=O)C1. The Morgan fingerprint density at radius 3 is 2.50 bits per heavy atom. The number of nitrogens with zero attached hydrogens (tertiary/aromatic N) is 1. The quantitative estimate of drug-likeness (QED) is 0.647. The predicted molar refractivity (Wildman–Crippen MR) is 62.6 cm³/mol. The van der Waals surface area contributed by atoms with Crippen LogP contribution in [-0.2, 0) is 9.53 Å². The zero-order valence-electron chi connectivity index (χ0n) is 9.91. The van der Waals surface area contributed by atoms with E-state index in [1.807, 2.05) is 20.8 Å². The van der Waals surface area contributed by atoms with Crippen molar-refractivity contribution in [3.63, 3.8) is 0 Å². The highest BCUT2D eigenvalue weighted by atomic mass is 32.2. The minimum Gasteiger partial charge on any atom is -0.444 e. The van der Waals surface area contributed by atoms with E-state index >= 15 is 0 Å². The number of Topliss-reactive ketones (excluding diaryl/α,β-unsaturated/α-hetero) is 1. The Hall–Kier alpha value is -0.710. The van der Waals surface area contributed by atoms with Crippen molar-refractivity contribution in [2.24, 2.45) is 5.41 Å². The number of amides is 1. The molecule has 0 aliphatic carbocycles. The third kappa shape index (κ3) is 2.05. The molecular formula is C11H17NO3S. The zero-order chi connectivity index (χ0) is 12.0. The first-order valence-electron chi connectivity index (χ1n) is 5.41. The van der Waals surface area contributed by atoms with E-state index in [2.05, 4.69) is 0 Å². The number of likely N-dealkylation sites (tertiary alicyclic amines) is 1. The number of carbonyl (C=O) groups excluding carboxylic acids is 2. The molecular weight excluding hydrogens is 226 g/mol. The van der Waals surface area contributed by atoms with Crippen LogP contribution in [0, 0.1) is 5.41 Å². The molecule has 0 atom stereocenters. The summed E-state index contributed by atoms with van der Waals surface area (Å²) < 4.78 is 5.25. The van der Waals surface area contributed by atoms with Gasteiger partial charge in [0.25, 0.3) is 0 Å². The molecule has 5 heteroatoms. The van der Waals surface area contributed by atoms with E-state index in [0.717, 1.165) is 5.75 Å². The standard InChI is InChI=1S/C11H17NO3S/c1-10(2,3)15-9(14)12-5-11(6-12)7-16-4-8(11)13/h4-7H2,1-3H3. The molecule has 0 unspecified atom stereocenters. The van der Waals surface area contributed by atoms with Crippen LogP contribution in [0.1, 0.15) is 20.8 Å². The first-order chi connectivity index (χ1) is 7.32. The molecule has 1 spiro atoms. The molecule has 0 radical (unpaired) electrons. The lowest BCUT2D eigenvalue weighted by molar-refractivity contribution is -0.132. The predicted octanol–water partition coefficient (Wildman–Crippen LogP) is 1.54. The van der Waals surface area contributed by atoms with Crippen LogP contribution in [0.4, 0.5) is 4.79 Å². The van der Waals surface area contributed by atoms with E-state index in [1.54, 1.807) is 16.7 Å². The molecule has 0 bridgehead atoms. The van der Waals surface area contributed by atoms with Crippen molar-refractivity contribution in [2.45, 2.75) is 26.4 Å². The van der Waals surface area contributed by atoms with Crippen molar-refractivity contribution >= 4 is 23.6 Å². The van der Waals surface area contributed by atoms with Crippen molar-refractivity contribution < 1.29 is 14.3 Å². The van der Waals surface area contributed by atoms with Crippen LogP contribution in [0.25, 0.3) is 0 Å². The largest absolute Gasteiger partial charge is 0.444 e.